The summed E-state index contributed by atoms with van der Waals surface area (Å²) in [5.41, 5.74) is 0.770. The minimum atomic E-state index is -1.98. The smallest absolute Gasteiger partial charge is 0.311 e. The Bertz CT molecular complexity index is 273. The Morgan fingerprint density at radius 2 is 1.35 bits per heavy atom. The molecule has 1 unspecified atom stereocenters. The highest BCUT2D eigenvalue weighted by Gasteiger charge is 2.41. The molecular weight excluding hydrogens is 296 g/mol. The zero-order valence-electron chi connectivity index (χ0n) is 15.4. The molecule has 0 aromatic carbocycles. The first kappa shape index (κ1) is 20.6. The number of hydrogen-bond acceptors (Lipinski definition) is 2. The Labute approximate surface area is 131 Å². The Morgan fingerprint density at radius 3 is 1.75 bits per heavy atom. The Balaban J connectivity index is 4.66. The summed E-state index contributed by atoms with van der Waals surface area (Å²) in [5, 5.41) is 0. The number of unbranched alkanes of at least 4 members (excludes halogenated alkanes) is 2. The maximum absolute atomic E-state index is 6.68. The second-order valence-corrected chi connectivity index (χ2v) is 20.6. The molecule has 0 aliphatic carbocycles. The SMILES string of the molecule is CCCCCC(CC)[Si](C)(C)O[Si](C)(C)O[Si](C)(C)C. The van der Waals surface area contributed by atoms with Gasteiger partial charge < -0.3 is 8.23 Å². The summed E-state index contributed by atoms with van der Waals surface area (Å²) in [6, 6.07) is 0. The lowest BCUT2D eigenvalue weighted by Gasteiger charge is -2.41. The van der Waals surface area contributed by atoms with Crippen LogP contribution in [0, 0.1) is 0 Å². The average molecular weight is 335 g/mol. The van der Waals surface area contributed by atoms with Gasteiger partial charge in [-0.15, -0.1) is 0 Å². The molecule has 0 radical (unpaired) electrons. The molecule has 0 saturated carbocycles. The fraction of sp³-hybridized carbons (Fsp3) is 1.00. The third-order valence-electron chi connectivity index (χ3n) is 3.69. The Kier molecular flexibility index (Phi) is 8.50. The van der Waals surface area contributed by atoms with Gasteiger partial charge in [-0.2, -0.15) is 0 Å². The van der Waals surface area contributed by atoms with Gasteiger partial charge in [0.2, 0.25) is 0 Å². The Hall–Kier alpha value is 0.571. The van der Waals surface area contributed by atoms with Crippen LogP contribution >= 0.6 is 0 Å². The summed E-state index contributed by atoms with van der Waals surface area (Å²) in [7, 11) is -5.15. The van der Waals surface area contributed by atoms with Crippen molar-refractivity contribution in [1.82, 2.24) is 0 Å². The summed E-state index contributed by atoms with van der Waals surface area (Å²) in [6.07, 6.45) is 6.60. The van der Waals surface area contributed by atoms with E-state index in [1.54, 1.807) is 0 Å². The van der Waals surface area contributed by atoms with Gasteiger partial charge in [-0.25, -0.2) is 0 Å². The summed E-state index contributed by atoms with van der Waals surface area (Å²) >= 11 is 0. The van der Waals surface area contributed by atoms with Gasteiger partial charge in [-0.05, 0) is 51.4 Å². The molecule has 0 bridgehead atoms. The first-order chi connectivity index (χ1) is 8.93. The molecule has 122 valence electrons. The van der Waals surface area contributed by atoms with E-state index in [2.05, 4.69) is 59.7 Å². The first-order valence-electron chi connectivity index (χ1n) is 8.34. The summed E-state index contributed by atoms with van der Waals surface area (Å²) in [6.45, 7) is 20.7. The molecule has 0 aromatic heterocycles. The van der Waals surface area contributed by atoms with Crippen LogP contribution in [0.3, 0.4) is 0 Å². The predicted octanol–water partition coefficient (Wildman–Crippen LogP) is 6.12. The minimum Gasteiger partial charge on any atom is -0.437 e. The van der Waals surface area contributed by atoms with E-state index in [1.165, 1.54) is 32.1 Å². The van der Waals surface area contributed by atoms with Gasteiger partial charge in [0.15, 0.2) is 16.6 Å². The van der Waals surface area contributed by atoms with Crippen molar-refractivity contribution in [2.24, 2.45) is 0 Å². The van der Waals surface area contributed by atoms with Crippen molar-refractivity contribution < 1.29 is 8.23 Å². The monoisotopic (exact) mass is 334 g/mol. The number of rotatable bonds is 10. The lowest BCUT2D eigenvalue weighted by atomic mass is 10.1. The van der Waals surface area contributed by atoms with Crippen molar-refractivity contribution in [1.29, 1.82) is 0 Å². The molecule has 0 saturated heterocycles. The molecule has 0 aliphatic rings. The van der Waals surface area contributed by atoms with Crippen LogP contribution in [-0.4, -0.2) is 25.2 Å². The lowest BCUT2D eigenvalue weighted by Crippen LogP contribution is -2.53. The highest BCUT2D eigenvalue weighted by molar-refractivity contribution is 6.87. The molecule has 0 spiro atoms. The molecule has 0 fully saturated rings. The molecule has 0 heterocycles. The Morgan fingerprint density at radius 1 is 0.800 bits per heavy atom. The van der Waals surface area contributed by atoms with Crippen LogP contribution in [0.15, 0.2) is 0 Å². The van der Waals surface area contributed by atoms with Gasteiger partial charge in [-0.1, -0.05) is 46.0 Å². The van der Waals surface area contributed by atoms with Gasteiger partial charge in [-0.3, -0.25) is 0 Å². The van der Waals surface area contributed by atoms with E-state index >= 15 is 0 Å². The summed E-state index contributed by atoms with van der Waals surface area (Å²) in [5.74, 6) is 0. The normalized spacial score (nSPS) is 15.4. The summed E-state index contributed by atoms with van der Waals surface area (Å²) in [4.78, 5) is 0. The van der Waals surface area contributed by atoms with Crippen molar-refractivity contribution >= 4 is 25.2 Å². The lowest BCUT2D eigenvalue weighted by molar-refractivity contribution is 0.379. The molecule has 0 aromatic rings. The molecule has 1 atom stereocenters. The van der Waals surface area contributed by atoms with Crippen molar-refractivity contribution in [3.63, 3.8) is 0 Å². The zero-order chi connectivity index (χ0) is 16.0. The van der Waals surface area contributed by atoms with Gasteiger partial charge in [0.1, 0.15) is 0 Å². The molecule has 2 nitrogen and oxygen atoms in total. The minimum absolute atomic E-state index is 0.770. The molecule has 20 heavy (non-hydrogen) atoms. The van der Waals surface area contributed by atoms with Crippen LogP contribution in [0.5, 0.6) is 0 Å². The highest BCUT2D eigenvalue weighted by Crippen LogP contribution is 2.34. The van der Waals surface area contributed by atoms with Gasteiger partial charge in [0, 0.05) is 0 Å². The van der Waals surface area contributed by atoms with E-state index in [9.17, 15) is 0 Å². The quantitative estimate of drug-likeness (QED) is 0.354. The van der Waals surface area contributed by atoms with Crippen molar-refractivity contribution in [2.75, 3.05) is 0 Å². The van der Waals surface area contributed by atoms with E-state index in [1.807, 2.05) is 0 Å². The second kappa shape index (κ2) is 8.27. The van der Waals surface area contributed by atoms with Gasteiger partial charge >= 0.3 is 8.56 Å². The third-order valence-corrected chi connectivity index (χ3v) is 14.8. The number of hydrogen-bond donors (Lipinski definition) is 0. The molecule has 0 aliphatic heterocycles. The van der Waals surface area contributed by atoms with E-state index < -0.39 is 25.2 Å². The van der Waals surface area contributed by atoms with E-state index in [0.717, 1.165) is 5.54 Å². The molecule has 0 amide bonds. The van der Waals surface area contributed by atoms with Gasteiger partial charge in [0.05, 0.1) is 0 Å². The van der Waals surface area contributed by atoms with Crippen LogP contribution in [0.25, 0.3) is 0 Å². The van der Waals surface area contributed by atoms with Crippen LogP contribution < -0.4 is 0 Å². The maximum atomic E-state index is 6.68. The fourth-order valence-electron chi connectivity index (χ4n) is 3.16. The average Bonchev–Trinajstić information content (AvgIpc) is 2.18. The molecular formula is C15H38O2Si3. The van der Waals surface area contributed by atoms with Crippen molar-refractivity contribution in [2.45, 2.75) is 97.3 Å². The third kappa shape index (κ3) is 8.77. The topological polar surface area (TPSA) is 18.5 Å². The standard InChI is InChI=1S/C15H38O2Si3/c1-10-12-13-14-15(11-2)19(6,7)17-20(8,9)16-18(3,4)5/h15H,10-14H2,1-9H3. The van der Waals surface area contributed by atoms with Crippen molar-refractivity contribution in [3.8, 4) is 0 Å². The molecule has 0 rings (SSSR count). The largest absolute Gasteiger partial charge is 0.437 e. The summed E-state index contributed by atoms with van der Waals surface area (Å²) < 4.78 is 13.0. The molecule has 5 heteroatoms. The fourth-order valence-corrected chi connectivity index (χ4v) is 17.2. The van der Waals surface area contributed by atoms with E-state index in [4.69, 9.17) is 8.23 Å². The van der Waals surface area contributed by atoms with Gasteiger partial charge in [0.25, 0.3) is 0 Å². The van der Waals surface area contributed by atoms with E-state index in [-0.39, 0.29) is 0 Å². The maximum Gasteiger partial charge on any atom is 0.311 e. The molecule has 0 N–H and O–H groups in total. The van der Waals surface area contributed by atoms with Crippen LogP contribution in [0.1, 0.15) is 46.0 Å². The van der Waals surface area contributed by atoms with Crippen LogP contribution in [0.4, 0.5) is 0 Å². The van der Waals surface area contributed by atoms with Crippen molar-refractivity contribution in [3.05, 3.63) is 0 Å². The van der Waals surface area contributed by atoms with Crippen LogP contribution in [0.2, 0.25) is 51.4 Å². The predicted molar refractivity (Wildman–Crippen MR) is 98.7 cm³/mol. The first-order valence-corrected chi connectivity index (χ1v) is 17.5. The highest BCUT2D eigenvalue weighted by atomic mass is 28.5. The van der Waals surface area contributed by atoms with Crippen LogP contribution in [-0.2, 0) is 8.23 Å². The zero-order valence-corrected chi connectivity index (χ0v) is 18.4. The second-order valence-electron chi connectivity index (χ2n) is 7.92. The van der Waals surface area contributed by atoms with E-state index in [0.29, 0.717) is 0 Å².